The molecule has 0 aliphatic carbocycles. The number of fused-ring (bicyclic) bond motifs is 1. The number of imidazole rings is 1. The van der Waals surface area contributed by atoms with Crippen molar-refractivity contribution in [3.05, 3.63) is 24.2 Å². The number of nitrogen functional groups attached to an aromatic ring is 1. The molecular formula is C10H17N4O10P3. The van der Waals surface area contributed by atoms with Crippen molar-refractivity contribution in [2.24, 2.45) is 0 Å². The number of hydrogen-bond donors (Lipinski definition) is 5. The largest absolute Gasteiger partial charge is 0.488 e. The zero-order chi connectivity index (χ0) is 20.5. The van der Waals surface area contributed by atoms with E-state index in [1.54, 1.807) is 6.07 Å². The molecule has 0 bridgehead atoms. The molecule has 2 aromatic rings. The third-order valence-electron chi connectivity index (χ3n) is 2.96. The Kier molecular flexibility index (Phi) is 6.60. The van der Waals surface area contributed by atoms with Gasteiger partial charge in [0.05, 0.1) is 29.9 Å². The Labute approximate surface area is 152 Å². The van der Waals surface area contributed by atoms with E-state index >= 15 is 0 Å². The summed E-state index contributed by atoms with van der Waals surface area (Å²) in [6.07, 6.45) is 1.43. The minimum absolute atomic E-state index is 0.188. The van der Waals surface area contributed by atoms with E-state index in [1.165, 1.54) is 23.8 Å². The van der Waals surface area contributed by atoms with Crippen LogP contribution in [0.15, 0.2) is 18.5 Å². The number of ether oxygens (including phenoxy) is 1. The van der Waals surface area contributed by atoms with E-state index < -0.39 is 35.7 Å². The molecule has 0 fully saturated rings. The molecule has 2 heterocycles. The molecule has 152 valence electrons. The molecule has 0 saturated heterocycles. The topological polar surface area (TPSA) is 216 Å². The minimum Gasteiger partial charge on any atom is -0.396 e. The van der Waals surface area contributed by atoms with Crippen molar-refractivity contribution in [2.45, 2.75) is 19.4 Å². The van der Waals surface area contributed by atoms with Crippen molar-refractivity contribution in [3.8, 4) is 0 Å². The van der Waals surface area contributed by atoms with Crippen molar-refractivity contribution in [1.82, 2.24) is 14.6 Å². The van der Waals surface area contributed by atoms with Gasteiger partial charge in [-0.25, -0.2) is 22.9 Å². The Morgan fingerprint density at radius 1 is 1.22 bits per heavy atom. The maximum Gasteiger partial charge on any atom is 0.488 e. The molecule has 0 amide bonds. The predicted molar refractivity (Wildman–Crippen MR) is 90.4 cm³/mol. The standard InChI is InChI=1S/C10H17N4O10P3/c1-7(4-8-5-12-10-9(11)2-3-13-14(8)10)22-6-25(15,16)23-27(20,21)24-26(17,18)19/h2-3,5,7H,4,6,11H2,1H3,(H,15,16)(H,20,21)(H2,17,18,19). The van der Waals surface area contributed by atoms with Crippen LogP contribution < -0.4 is 5.73 Å². The summed E-state index contributed by atoms with van der Waals surface area (Å²) < 4.78 is 47.6. The fourth-order valence-electron chi connectivity index (χ4n) is 2.01. The third kappa shape index (κ3) is 6.74. The van der Waals surface area contributed by atoms with Gasteiger partial charge in [-0.3, -0.25) is 4.57 Å². The summed E-state index contributed by atoms with van der Waals surface area (Å²) in [6.45, 7) is 1.54. The fourth-order valence-corrected chi connectivity index (χ4v) is 5.39. The van der Waals surface area contributed by atoms with Crippen LogP contribution in [0.3, 0.4) is 0 Å². The van der Waals surface area contributed by atoms with E-state index in [0.717, 1.165) is 0 Å². The Morgan fingerprint density at radius 2 is 1.89 bits per heavy atom. The molecule has 0 saturated carbocycles. The molecule has 0 radical (unpaired) electrons. The first-order valence-corrected chi connectivity index (χ1v) is 11.9. The summed E-state index contributed by atoms with van der Waals surface area (Å²) >= 11 is 0. The second-order valence-electron chi connectivity index (χ2n) is 5.34. The summed E-state index contributed by atoms with van der Waals surface area (Å²) in [7, 11) is -15.8. The smallest absolute Gasteiger partial charge is 0.396 e. The Hall–Kier alpha value is -1.17. The van der Waals surface area contributed by atoms with Crippen LogP contribution in [-0.4, -0.2) is 46.6 Å². The summed E-state index contributed by atoms with van der Waals surface area (Å²) in [5, 5.41) is 4.08. The molecular weight excluding hydrogens is 429 g/mol. The lowest BCUT2D eigenvalue weighted by Gasteiger charge is -2.18. The number of aromatic nitrogens is 3. The molecule has 17 heteroatoms. The molecule has 6 N–H and O–H groups in total. The predicted octanol–water partition coefficient (Wildman–Crippen LogP) is 0.628. The van der Waals surface area contributed by atoms with Crippen LogP contribution >= 0.6 is 23.2 Å². The number of hydrogen-bond acceptors (Lipinski definition) is 9. The molecule has 2 aromatic heterocycles. The van der Waals surface area contributed by atoms with E-state index in [9.17, 15) is 18.6 Å². The first-order chi connectivity index (χ1) is 12.3. The highest BCUT2D eigenvalue weighted by Gasteiger charge is 2.39. The van der Waals surface area contributed by atoms with E-state index in [1.807, 2.05) is 0 Å². The first-order valence-electron chi connectivity index (χ1n) is 7.09. The SMILES string of the molecule is CC(Cc1cnc2c(N)ccnn12)OCP(=O)(O)OP(=O)(O)OP(=O)(O)O. The van der Waals surface area contributed by atoms with Gasteiger partial charge in [-0.05, 0) is 13.0 Å². The zero-order valence-electron chi connectivity index (χ0n) is 13.7. The normalized spacial score (nSPS) is 18.1. The molecule has 0 aliphatic heterocycles. The van der Waals surface area contributed by atoms with Gasteiger partial charge in [-0.1, -0.05) is 0 Å². The van der Waals surface area contributed by atoms with Crippen LogP contribution in [0.1, 0.15) is 12.6 Å². The lowest BCUT2D eigenvalue weighted by atomic mass is 10.2. The maximum atomic E-state index is 11.8. The van der Waals surface area contributed by atoms with Crippen molar-refractivity contribution >= 4 is 34.6 Å². The Balaban J connectivity index is 1.96. The Morgan fingerprint density at radius 3 is 2.52 bits per heavy atom. The highest BCUT2D eigenvalue weighted by Crippen LogP contribution is 2.65. The molecule has 14 nitrogen and oxygen atoms in total. The van der Waals surface area contributed by atoms with Gasteiger partial charge in [-0.15, -0.1) is 0 Å². The van der Waals surface area contributed by atoms with Gasteiger partial charge in [0.15, 0.2) is 5.65 Å². The van der Waals surface area contributed by atoms with E-state index in [2.05, 4.69) is 18.7 Å². The van der Waals surface area contributed by atoms with Gasteiger partial charge in [0.2, 0.25) is 0 Å². The Bertz CT molecular complexity index is 958. The van der Waals surface area contributed by atoms with Crippen molar-refractivity contribution in [2.75, 3.05) is 12.1 Å². The van der Waals surface area contributed by atoms with Crippen LogP contribution in [0.5, 0.6) is 0 Å². The van der Waals surface area contributed by atoms with Gasteiger partial charge >= 0.3 is 23.2 Å². The highest BCUT2D eigenvalue weighted by molar-refractivity contribution is 7.68. The zero-order valence-corrected chi connectivity index (χ0v) is 16.4. The average Bonchev–Trinajstić information content (AvgIpc) is 2.86. The van der Waals surface area contributed by atoms with Gasteiger partial charge < -0.3 is 30.0 Å². The minimum atomic E-state index is -5.48. The van der Waals surface area contributed by atoms with Gasteiger partial charge in [-0.2, -0.15) is 9.41 Å². The molecule has 2 rings (SSSR count). The second-order valence-corrected chi connectivity index (χ2v) is 10.1. The van der Waals surface area contributed by atoms with Gasteiger partial charge in [0.25, 0.3) is 0 Å². The molecule has 3 atom stereocenters. The molecule has 3 unspecified atom stereocenters. The molecule has 0 aliphatic rings. The van der Waals surface area contributed by atoms with E-state index in [-0.39, 0.29) is 6.42 Å². The monoisotopic (exact) mass is 446 g/mol. The van der Waals surface area contributed by atoms with Gasteiger partial charge in [0.1, 0.15) is 6.35 Å². The highest BCUT2D eigenvalue weighted by atomic mass is 31.3. The summed E-state index contributed by atoms with van der Waals surface area (Å²) in [5.74, 6) is 0. The van der Waals surface area contributed by atoms with Crippen molar-refractivity contribution in [1.29, 1.82) is 0 Å². The fraction of sp³-hybridized carbons (Fsp3) is 0.400. The van der Waals surface area contributed by atoms with Crippen LogP contribution in [0.4, 0.5) is 5.69 Å². The number of rotatable bonds is 9. The maximum absolute atomic E-state index is 11.8. The summed E-state index contributed by atoms with van der Waals surface area (Å²) in [4.78, 5) is 39.7. The number of phosphoric acid groups is 2. The van der Waals surface area contributed by atoms with Crippen molar-refractivity contribution < 1.29 is 46.6 Å². The molecule has 0 spiro atoms. The van der Waals surface area contributed by atoms with Crippen molar-refractivity contribution in [3.63, 3.8) is 0 Å². The van der Waals surface area contributed by atoms with Crippen LogP contribution in [-0.2, 0) is 33.5 Å². The molecule has 27 heavy (non-hydrogen) atoms. The van der Waals surface area contributed by atoms with E-state index in [0.29, 0.717) is 17.0 Å². The quantitative estimate of drug-likeness (QED) is 0.334. The average molecular weight is 446 g/mol. The lowest BCUT2D eigenvalue weighted by molar-refractivity contribution is 0.0867. The first kappa shape index (κ1) is 22.1. The van der Waals surface area contributed by atoms with Crippen LogP contribution in [0, 0.1) is 0 Å². The van der Waals surface area contributed by atoms with Gasteiger partial charge in [0, 0.05) is 6.42 Å². The number of nitrogens with two attached hydrogens (primary N) is 1. The number of nitrogens with zero attached hydrogens (tertiary/aromatic N) is 3. The summed E-state index contributed by atoms with van der Waals surface area (Å²) in [5.41, 5.74) is 7.17. The van der Waals surface area contributed by atoms with E-state index in [4.69, 9.17) is 25.2 Å². The summed E-state index contributed by atoms with van der Waals surface area (Å²) in [6, 6.07) is 1.57. The number of anilines is 1. The van der Waals surface area contributed by atoms with Crippen LogP contribution in [0.2, 0.25) is 0 Å². The third-order valence-corrected chi connectivity index (χ3v) is 6.96. The van der Waals surface area contributed by atoms with Crippen LogP contribution in [0.25, 0.3) is 5.65 Å². The molecule has 0 aromatic carbocycles. The second kappa shape index (κ2) is 8.06. The lowest BCUT2D eigenvalue weighted by Crippen LogP contribution is -2.15.